The van der Waals surface area contributed by atoms with Crippen molar-refractivity contribution in [3.05, 3.63) is 39.4 Å². The first kappa shape index (κ1) is 10.5. The van der Waals surface area contributed by atoms with Crippen LogP contribution in [-0.2, 0) is 0 Å². The highest BCUT2D eigenvalue weighted by Gasteiger charge is 1.96. The molecule has 0 aliphatic heterocycles. The molecule has 0 unspecified atom stereocenters. The summed E-state index contributed by atoms with van der Waals surface area (Å²) in [5, 5.41) is 17.1. The molecule has 0 heterocycles. The van der Waals surface area contributed by atoms with Crippen LogP contribution >= 0.6 is 15.9 Å². The Morgan fingerprint density at radius 3 is 2.43 bits per heavy atom. The lowest BCUT2D eigenvalue weighted by molar-refractivity contribution is 1.43. The predicted molar refractivity (Wildman–Crippen MR) is 58.1 cm³/mol. The first-order valence-corrected chi connectivity index (χ1v) is 4.74. The smallest absolute Gasteiger partial charge is 0.130 e. The first-order valence-electron chi connectivity index (χ1n) is 3.95. The van der Waals surface area contributed by atoms with Crippen LogP contribution in [0.4, 0.5) is 0 Å². The summed E-state index contributed by atoms with van der Waals surface area (Å²) in [4.78, 5) is 0. The topological polar surface area (TPSA) is 47.6 Å². The molecule has 1 rings (SSSR count). The average Bonchev–Trinajstić information content (AvgIpc) is 2.12. The Balaban J connectivity index is 3.17. The molecule has 0 atom stereocenters. The third-order valence-corrected chi connectivity index (χ3v) is 2.07. The second-order valence-corrected chi connectivity index (χ2v) is 3.76. The molecule has 1 aromatic carbocycles. The number of hydrogen-bond acceptors (Lipinski definition) is 2. The summed E-state index contributed by atoms with van der Waals surface area (Å²) in [6, 6.07) is 9.39. The molecule has 0 fully saturated rings. The van der Waals surface area contributed by atoms with Gasteiger partial charge in [0, 0.05) is 4.47 Å². The molecule has 0 amide bonds. The Hall–Kier alpha value is -1.58. The Morgan fingerprint density at radius 1 is 1.29 bits per heavy atom. The number of hydrogen-bond donors (Lipinski definition) is 0. The molecule has 0 aromatic heterocycles. The van der Waals surface area contributed by atoms with Crippen molar-refractivity contribution in [3.63, 3.8) is 0 Å². The van der Waals surface area contributed by atoms with Crippen molar-refractivity contribution < 1.29 is 0 Å². The van der Waals surface area contributed by atoms with Gasteiger partial charge in [0.1, 0.15) is 17.7 Å². The largest absolute Gasteiger partial charge is 0.192 e. The summed E-state index contributed by atoms with van der Waals surface area (Å²) in [5.74, 6) is 0. The van der Waals surface area contributed by atoms with Gasteiger partial charge in [0.15, 0.2) is 0 Å². The fraction of sp³-hybridized carbons (Fsp3) is 0.0909. The van der Waals surface area contributed by atoms with Gasteiger partial charge in [-0.3, -0.25) is 0 Å². The van der Waals surface area contributed by atoms with Gasteiger partial charge in [-0.15, -0.1) is 0 Å². The molecule has 0 aliphatic carbocycles. The molecule has 0 N–H and O–H groups in total. The highest BCUT2D eigenvalue weighted by molar-refractivity contribution is 9.10. The van der Waals surface area contributed by atoms with Crippen LogP contribution in [0, 0.1) is 29.6 Å². The molecule has 14 heavy (non-hydrogen) atoms. The van der Waals surface area contributed by atoms with Crippen molar-refractivity contribution >= 4 is 22.0 Å². The lowest BCUT2D eigenvalue weighted by Crippen LogP contribution is -1.79. The van der Waals surface area contributed by atoms with Gasteiger partial charge in [-0.25, -0.2) is 0 Å². The number of aryl methyl sites for hydroxylation is 1. The van der Waals surface area contributed by atoms with E-state index in [4.69, 9.17) is 10.5 Å². The summed E-state index contributed by atoms with van der Waals surface area (Å²) in [5.41, 5.74) is 2.05. The standard InChI is InChI=1S/C11H7BrN2/c1-8-2-9(5-11(12)3-8)4-10(6-13)7-14/h2-5H,1H3. The van der Waals surface area contributed by atoms with E-state index < -0.39 is 0 Å². The van der Waals surface area contributed by atoms with E-state index in [-0.39, 0.29) is 5.57 Å². The third-order valence-electron chi connectivity index (χ3n) is 1.62. The van der Waals surface area contributed by atoms with Gasteiger partial charge in [0.05, 0.1) is 0 Å². The van der Waals surface area contributed by atoms with E-state index >= 15 is 0 Å². The minimum absolute atomic E-state index is 0.113. The van der Waals surface area contributed by atoms with E-state index in [0.29, 0.717) is 0 Å². The van der Waals surface area contributed by atoms with Crippen LogP contribution in [0.2, 0.25) is 0 Å². The average molecular weight is 247 g/mol. The number of allylic oxidation sites excluding steroid dienone is 1. The van der Waals surface area contributed by atoms with E-state index in [0.717, 1.165) is 15.6 Å². The first-order chi connectivity index (χ1) is 6.65. The summed E-state index contributed by atoms with van der Waals surface area (Å²) < 4.78 is 0.943. The Bertz CT molecular complexity index is 425. The van der Waals surface area contributed by atoms with Gasteiger partial charge in [-0.2, -0.15) is 10.5 Å². The van der Waals surface area contributed by atoms with Crippen LogP contribution in [0.5, 0.6) is 0 Å². The van der Waals surface area contributed by atoms with E-state index in [1.54, 1.807) is 6.08 Å². The highest BCUT2D eigenvalue weighted by Crippen LogP contribution is 2.17. The van der Waals surface area contributed by atoms with Crippen molar-refractivity contribution in [1.29, 1.82) is 10.5 Å². The molecule has 1 aromatic rings. The number of benzene rings is 1. The maximum Gasteiger partial charge on any atom is 0.130 e. The zero-order valence-electron chi connectivity index (χ0n) is 7.58. The molecule has 0 aliphatic rings. The summed E-state index contributed by atoms with van der Waals surface area (Å²) in [7, 11) is 0. The van der Waals surface area contributed by atoms with Crippen molar-refractivity contribution in [3.8, 4) is 12.1 Å². The molecule has 0 bridgehead atoms. The molecule has 0 saturated carbocycles. The van der Waals surface area contributed by atoms with E-state index in [1.807, 2.05) is 37.3 Å². The van der Waals surface area contributed by atoms with Crippen LogP contribution in [0.25, 0.3) is 6.08 Å². The Morgan fingerprint density at radius 2 is 1.93 bits per heavy atom. The normalized spacial score (nSPS) is 8.57. The van der Waals surface area contributed by atoms with Gasteiger partial charge in [0.25, 0.3) is 0 Å². The van der Waals surface area contributed by atoms with E-state index in [1.165, 1.54) is 0 Å². The van der Waals surface area contributed by atoms with Gasteiger partial charge < -0.3 is 0 Å². The number of halogens is 1. The monoisotopic (exact) mass is 246 g/mol. The van der Waals surface area contributed by atoms with Gasteiger partial charge >= 0.3 is 0 Å². The van der Waals surface area contributed by atoms with Gasteiger partial charge in [-0.05, 0) is 36.3 Å². The summed E-state index contributed by atoms with van der Waals surface area (Å²) in [6.07, 6.45) is 1.57. The molecule has 0 spiro atoms. The number of rotatable bonds is 1. The molecule has 2 nitrogen and oxygen atoms in total. The molecular weight excluding hydrogens is 240 g/mol. The lowest BCUT2D eigenvalue weighted by Gasteiger charge is -1.98. The maximum absolute atomic E-state index is 8.57. The quantitative estimate of drug-likeness (QED) is 0.715. The van der Waals surface area contributed by atoms with Crippen LogP contribution in [0.15, 0.2) is 28.2 Å². The molecule has 68 valence electrons. The van der Waals surface area contributed by atoms with Crippen molar-refractivity contribution in [2.45, 2.75) is 6.92 Å². The zero-order chi connectivity index (χ0) is 10.6. The minimum atomic E-state index is 0.113. The second-order valence-electron chi connectivity index (χ2n) is 2.84. The van der Waals surface area contributed by atoms with Crippen molar-refractivity contribution in [2.24, 2.45) is 0 Å². The van der Waals surface area contributed by atoms with Crippen molar-refractivity contribution in [2.75, 3.05) is 0 Å². The van der Waals surface area contributed by atoms with Crippen LogP contribution < -0.4 is 0 Å². The number of nitrogens with zero attached hydrogens (tertiary/aromatic N) is 2. The minimum Gasteiger partial charge on any atom is -0.192 e. The third kappa shape index (κ3) is 2.73. The SMILES string of the molecule is Cc1cc(Br)cc(C=C(C#N)C#N)c1. The van der Waals surface area contributed by atoms with E-state index in [2.05, 4.69) is 15.9 Å². The Labute approximate surface area is 91.2 Å². The molecule has 0 saturated heterocycles. The summed E-state index contributed by atoms with van der Waals surface area (Å²) in [6.45, 7) is 1.96. The lowest BCUT2D eigenvalue weighted by atomic mass is 10.1. The molecule has 3 heteroatoms. The predicted octanol–water partition coefficient (Wildman–Crippen LogP) is 3.19. The van der Waals surface area contributed by atoms with Crippen LogP contribution in [-0.4, -0.2) is 0 Å². The van der Waals surface area contributed by atoms with Crippen LogP contribution in [0.1, 0.15) is 11.1 Å². The van der Waals surface area contributed by atoms with Gasteiger partial charge in [0.2, 0.25) is 0 Å². The second kappa shape index (κ2) is 4.60. The zero-order valence-corrected chi connectivity index (χ0v) is 9.17. The fourth-order valence-corrected chi connectivity index (χ4v) is 1.73. The molecular formula is C11H7BrN2. The summed E-state index contributed by atoms with van der Waals surface area (Å²) >= 11 is 3.35. The number of nitriles is 2. The van der Waals surface area contributed by atoms with Crippen molar-refractivity contribution in [1.82, 2.24) is 0 Å². The van der Waals surface area contributed by atoms with E-state index in [9.17, 15) is 0 Å². The van der Waals surface area contributed by atoms with Gasteiger partial charge in [-0.1, -0.05) is 22.0 Å². The molecule has 0 radical (unpaired) electrons. The fourth-order valence-electron chi connectivity index (χ4n) is 1.10. The van der Waals surface area contributed by atoms with Crippen LogP contribution in [0.3, 0.4) is 0 Å². The highest BCUT2D eigenvalue weighted by atomic mass is 79.9. The maximum atomic E-state index is 8.57. The Kier molecular flexibility index (Phi) is 3.45.